The number of hydrogen-bond acceptors (Lipinski definition) is 4. The lowest BCUT2D eigenvalue weighted by Gasteiger charge is -2.25. The van der Waals surface area contributed by atoms with Crippen LogP contribution in [0.4, 0.5) is 0 Å². The van der Waals surface area contributed by atoms with Crippen molar-refractivity contribution in [2.45, 2.75) is 33.2 Å². The van der Waals surface area contributed by atoms with Crippen molar-refractivity contribution < 1.29 is 4.79 Å². The molecule has 16 heavy (non-hydrogen) atoms. The van der Waals surface area contributed by atoms with Gasteiger partial charge in [0, 0.05) is 23.5 Å². The van der Waals surface area contributed by atoms with Gasteiger partial charge in [-0.15, -0.1) is 11.3 Å². The standard InChI is InChI=1S/C11H19N3OS/c1-7(5-12)9(15)14-11(3,4)10-13-8(2)6-16-10/h6-7H,5,12H2,1-4H3,(H,14,15). The molecule has 1 amide bonds. The fourth-order valence-corrected chi connectivity index (χ4v) is 2.11. The molecule has 0 spiro atoms. The number of carbonyl (C=O) groups excluding carboxylic acids is 1. The van der Waals surface area contributed by atoms with E-state index < -0.39 is 5.54 Å². The van der Waals surface area contributed by atoms with Crippen LogP contribution < -0.4 is 11.1 Å². The van der Waals surface area contributed by atoms with E-state index in [2.05, 4.69) is 10.3 Å². The van der Waals surface area contributed by atoms with Crippen LogP contribution in [0.15, 0.2) is 5.38 Å². The van der Waals surface area contributed by atoms with Gasteiger partial charge in [-0.3, -0.25) is 4.79 Å². The molecule has 0 aromatic carbocycles. The van der Waals surface area contributed by atoms with Gasteiger partial charge >= 0.3 is 0 Å². The Kier molecular flexibility index (Phi) is 4.04. The number of aryl methyl sites for hydroxylation is 1. The molecular weight excluding hydrogens is 222 g/mol. The molecule has 0 radical (unpaired) electrons. The molecule has 0 aliphatic rings. The molecule has 1 rings (SSSR count). The first-order chi connectivity index (χ1) is 7.36. The first kappa shape index (κ1) is 13.1. The van der Waals surface area contributed by atoms with E-state index >= 15 is 0 Å². The van der Waals surface area contributed by atoms with Gasteiger partial charge in [0.2, 0.25) is 5.91 Å². The van der Waals surface area contributed by atoms with Crippen LogP contribution in [0.5, 0.6) is 0 Å². The summed E-state index contributed by atoms with van der Waals surface area (Å²) in [6.07, 6.45) is 0. The molecule has 90 valence electrons. The molecule has 3 N–H and O–H groups in total. The fraction of sp³-hybridized carbons (Fsp3) is 0.636. The van der Waals surface area contributed by atoms with Gasteiger partial charge in [-0.2, -0.15) is 0 Å². The smallest absolute Gasteiger partial charge is 0.224 e. The van der Waals surface area contributed by atoms with E-state index in [1.807, 2.05) is 33.1 Å². The zero-order valence-electron chi connectivity index (χ0n) is 10.2. The molecule has 4 nitrogen and oxygen atoms in total. The minimum Gasteiger partial charge on any atom is -0.344 e. The fourth-order valence-electron chi connectivity index (χ4n) is 1.23. The summed E-state index contributed by atoms with van der Waals surface area (Å²) in [6, 6.07) is 0. The van der Waals surface area contributed by atoms with Crippen LogP contribution in [0.2, 0.25) is 0 Å². The van der Waals surface area contributed by atoms with Gasteiger partial charge in [0.15, 0.2) is 0 Å². The summed E-state index contributed by atoms with van der Waals surface area (Å²) < 4.78 is 0. The van der Waals surface area contributed by atoms with Gasteiger partial charge in [0.05, 0.1) is 5.54 Å². The monoisotopic (exact) mass is 241 g/mol. The van der Waals surface area contributed by atoms with E-state index in [1.54, 1.807) is 11.3 Å². The van der Waals surface area contributed by atoms with Gasteiger partial charge in [0.25, 0.3) is 0 Å². The molecule has 1 heterocycles. The van der Waals surface area contributed by atoms with Crippen LogP contribution in [0.3, 0.4) is 0 Å². The van der Waals surface area contributed by atoms with E-state index in [0.717, 1.165) is 10.7 Å². The Morgan fingerprint density at radius 2 is 2.31 bits per heavy atom. The first-order valence-corrected chi connectivity index (χ1v) is 6.19. The highest BCUT2D eigenvalue weighted by Gasteiger charge is 2.27. The molecule has 1 aromatic rings. The number of nitrogens with one attached hydrogen (secondary N) is 1. The lowest BCUT2D eigenvalue weighted by molar-refractivity contribution is -0.125. The van der Waals surface area contributed by atoms with Gasteiger partial charge in [-0.05, 0) is 20.8 Å². The zero-order chi connectivity index (χ0) is 12.3. The van der Waals surface area contributed by atoms with E-state index in [9.17, 15) is 4.79 Å². The van der Waals surface area contributed by atoms with Gasteiger partial charge in [-0.25, -0.2) is 4.98 Å². The van der Waals surface area contributed by atoms with Crippen LogP contribution in [0.25, 0.3) is 0 Å². The lowest BCUT2D eigenvalue weighted by atomic mass is 10.0. The topological polar surface area (TPSA) is 68.0 Å². The number of nitrogens with zero attached hydrogens (tertiary/aromatic N) is 1. The number of rotatable bonds is 4. The summed E-state index contributed by atoms with van der Waals surface area (Å²) in [6.45, 7) is 8.02. The van der Waals surface area contributed by atoms with Crippen molar-refractivity contribution in [3.63, 3.8) is 0 Å². The number of thiazole rings is 1. The minimum absolute atomic E-state index is 0.0275. The van der Waals surface area contributed by atoms with Crippen molar-refractivity contribution in [1.29, 1.82) is 0 Å². The number of amides is 1. The third kappa shape index (κ3) is 3.02. The summed E-state index contributed by atoms with van der Waals surface area (Å²) >= 11 is 1.56. The van der Waals surface area contributed by atoms with Crippen molar-refractivity contribution in [3.8, 4) is 0 Å². The second kappa shape index (κ2) is 4.93. The average molecular weight is 241 g/mol. The second-order valence-corrected chi connectivity index (χ2v) is 5.40. The molecule has 0 saturated heterocycles. The maximum atomic E-state index is 11.8. The first-order valence-electron chi connectivity index (χ1n) is 5.31. The molecular formula is C11H19N3OS. The van der Waals surface area contributed by atoms with Gasteiger partial charge < -0.3 is 11.1 Å². The Balaban J connectivity index is 2.75. The van der Waals surface area contributed by atoms with E-state index in [1.165, 1.54) is 0 Å². The molecule has 1 aromatic heterocycles. The Hall–Kier alpha value is -0.940. The second-order valence-electron chi connectivity index (χ2n) is 4.55. The van der Waals surface area contributed by atoms with E-state index in [-0.39, 0.29) is 11.8 Å². The van der Waals surface area contributed by atoms with Crippen molar-refractivity contribution in [2.24, 2.45) is 11.7 Å². The molecule has 1 unspecified atom stereocenters. The highest BCUT2D eigenvalue weighted by molar-refractivity contribution is 7.09. The third-order valence-corrected chi connectivity index (χ3v) is 3.67. The highest BCUT2D eigenvalue weighted by atomic mass is 32.1. The minimum atomic E-state index is -0.431. The maximum Gasteiger partial charge on any atom is 0.224 e. The number of carbonyl (C=O) groups is 1. The maximum absolute atomic E-state index is 11.8. The van der Waals surface area contributed by atoms with E-state index in [0.29, 0.717) is 6.54 Å². The van der Waals surface area contributed by atoms with Crippen LogP contribution >= 0.6 is 11.3 Å². The number of aromatic nitrogens is 1. The Morgan fingerprint density at radius 1 is 1.69 bits per heavy atom. The third-order valence-electron chi connectivity index (χ3n) is 2.39. The molecule has 5 heteroatoms. The molecule has 0 fully saturated rings. The van der Waals surface area contributed by atoms with Crippen molar-refractivity contribution >= 4 is 17.2 Å². The SMILES string of the molecule is Cc1csc(C(C)(C)NC(=O)C(C)CN)n1. The van der Waals surface area contributed by atoms with Gasteiger partial charge in [0.1, 0.15) is 5.01 Å². The Bertz CT molecular complexity index is 373. The molecule has 1 atom stereocenters. The quantitative estimate of drug-likeness (QED) is 0.837. The number of hydrogen-bond donors (Lipinski definition) is 2. The predicted molar refractivity (Wildman–Crippen MR) is 66.2 cm³/mol. The summed E-state index contributed by atoms with van der Waals surface area (Å²) in [7, 11) is 0. The van der Waals surface area contributed by atoms with Crippen LogP contribution in [0, 0.1) is 12.8 Å². The Morgan fingerprint density at radius 3 is 2.75 bits per heavy atom. The van der Waals surface area contributed by atoms with Crippen molar-refractivity contribution in [1.82, 2.24) is 10.3 Å². The van der Waals surface area contributed by atoms with Crippen LogP contribution in [-0.4, -0.2) is 17.4 Å². The molecule has 0 aliphatic heterocycles. The van der Waals surface area contributed by atoms with Crippen LogP contribution in [0.1, 0.15) is 31.5 Å². The lowest BCUT2D eigenvalue weighted by Crippen LogP contribution is -2.44. The molecule has 0 aliphatic carbocycles. The summed E-state index contributed by atoms with van der Waals surface area (Å²) in [5.74, 6) is -0.194. The average Bonchev–Trinajstić information content (AvgIpc) is 2.63. The molecule has 0 bridgehead atoms. The Labute approximate surface area is 100 Å². The largest absolute Gasteiger partial charge is 0.344 e. The normalized spacial score (nSPS) is 13.6. The summed E-state index contributed by atoms with van der Waals surface area (Å²) in [5.41, 5.74) is 6.01. The van der Waals surface area contributed by atoms with Gasteiger partial charge in [-0.1, -0.05) is 6.92 Å². The predicted octanol–water partition coefficient (Wildman–Crippen LogP) is 1.40. The highest BCUT2D eigenvalue weighted by Crippen LogP contribution is 2.23. The van der Waals surface area contributed by atoms with E-state index in [4.69, 9.17) is 5.73 Å². The number of nitrogens with two attached hydrogens (primary N) is 1. The van der Waals surface area contributed by atoms with Crippen molar-refractivity contribution in [3.05, 3.63) is 16.1 Å². The summed E-state index contributed by atoms with van der Waals surface area (Å²) in [5, 5.41) is 5.87. The molecule has 0 saturated carbocycles. The van der Waals surface area contributed by atoms with Crippen LogP contribution in [-0.2, 0) is 10.3 Å². The zero-order valence-corrected chi connectivity index (χ0v) is 11.0. The van der Waals surface area contributed by atoms with Crippen molar-refractivity contribution in [2.75, 3.05) is 6.54 Å². The summed E-state index contributed by atoms with van der Waals surface area (Å²) in [4.78, 5) is 16.1.